The van der Waals surface area contributed by atoms with Gasteiger partial charge in [-0.25, -0.2) is 0 Å². The second-order valence-corrected chi connectivity index (χ2v) is 4.03. The topological polar surface area (TPSA) is 9.23 Å². The fourth-order valence-electron chi connectivity index (χ4n) is 1.10. The largest absolute Gasteiger partial charge is 0.493 e. The maximum Gasteiger partial charge on any atom is 0.122 e. The molecule has 72 valence electrons. The molecule has 0 aromatic heterocycles. The van der Waals surface area contributed by atoms with Crippen LogP contribution in [-0.2, 0) is 0 Å². The molecule has 0 aliphatic rings. The van der Waals surface area contributed by atoms with Gasteiger partial charge in [-0.2, -0.15) is 0 Å². The number of halogens is 1. The highest BCUT2D eigenvalue weighted by atomic mass is 79.9. The molecule has 0 bridgehead atoms. The molecule has 1 nitrogen and oxygen atoms in total. The van der Waals surface area contributed by atoms with E-state index in [1.54, 1.807) is 0 Å². The summed E-state index contributed by atoms with van der Waals surface area (Å²) >= 11 is 3.42. The average Bonchev–Trinajstić information content (AvgIpc) is 2.09. The molecule has 0 fully saturated rings. The first-order valence-electron chi connectivity index (χ1n) is 4.63. The minimum absolute atomic E-state index is 0.818. The molecule has 1 aromatic carbocycles. The molecule has 2 heteroatoms. The van der Waals surface area contributed by atoms with E-state index < -0.39 is 0 Å². The molecule has 0 aliphatic heterocycles. The molecular weight excluding hydrogens is 228 g/mol. The van der Waals surface area contributed by atoms with E-state index in [4.69, 9.17) is 4.74 Å². The molecule has 0 aliphatic carbocycles. The molecule has 0 radical (unpaired) electrons. The second kappa shape index (κ2) is 5.28. The SMILES string of the molecule is CCCCOc1ccc(Br)cc1C. The van der Waals surface area contributed by atoms with Crippen molar-refractivity contribution in [2.45, 2.75) is 26.7 Å². The zero-order chi connectivity index (χ0) is 9.68. The van der Waals surface area contributed by atoms with Gasteiger partial charge in [0.25, 0.3) is 0 Å². The Labute approximate surface area is 88.2 Å². The van der Waals surface area contributed by atoms with Crippen molar-refractivity contribution >= 4 is 15.9 Å². The van der Waals surface area contributed by atoms with E-state index in [1.165, 1.54) is 12.0 Å². The van der Waals surface area contributed by atoms with Crippen molar-refractivity contribution in [3.05, 3.63) is 28.2 Å². The Hall–Kier alpha value is -0.500. The number of hydrogen-bond acceptors (Lipinski definition) is 1. The Morgan fingerprint density at radius 3 is 2.77 bits per heavy atom. The summed E-state index contributed by atoms with van der Waals surface area (Å²) in [6.07, 6.45) is 2.30. The summed E-state index contributed by atoms with van der Waals surface area (Å²) in [4.78, 5) is 0. The minimum Gasteiger partial charge on any atom is -0.493 e. The van der Waals surface area contributed by atoms with E-state index in [-0.39, 0.29) is 0 Å². The molecule has 1 aromatic rings. The van der Waals surface area contributed by atoms with E-state index in [0.717, 1.165) is 23.2 Å². The second-order valence-electron chi connectivity index (χ2n) is 3.11. The van der Waals surface area contributed by atoms with Gasteiger partial charge < -0.3 is 4.74 Å². The molecular formula is C11H15BrO. The lowest BCUT2D eigenvalue weighted by Crippen LogP contribution is -1.97. The van der Waals surface area contributed by atoms with Gasteiger partial charge in [-0.1, -0.05) is 29.3 Å². The standard InChI is InChI=1S/C11H15BrO/c1-3-4-7-13-11-6-5-10(12)8-9(11)2/h5-6,8H,3-4,7H2,1-2H3. The summed E-state index contributed by atoms with van der Waals surface area (Å²) in [5, 5.41) is 0. The number of benzene rings is 1. The zero-order valence-corrected chi connectivity index (χ0v) is 9.73. The van der Waals surface area contributed by atoms with Gasteiger partial charge in [0.2, 0.25) is 0 Å². The molecule has 0 saturated carbocycles. The summed E-state index contributed by atoms with van der Waals surface area (Å²) in [6, 6.07) is 6.09. The van der Waals surface area contributed by atoms with Crippen molar-refractivity contribution in [3.8, 4) is 5.75 Å². The lowest BCUT2D eigenvalue weighted by Gasteiger charge is -2.08. The first kappa shape index (κ1) is 10.6. The molecule has 13 heavy (non-hydrogen) atoms. The predicted octanol–water partition coefficient (Wildman–Crippen LogP) is 3.94. The Morgan fingerprint density at radius 1 is 1.38 bits per heavy atom. The number of aryl methyl sites for hydroxylation is 1. The average molecular weight is 243 g/mol. The van der Waals surface area contributed by atoms with Gasteiger partial charge in [0, 0.05) is 4.47 Å². The van der Waals surface area contributed by atoms with Crippen LogP contribution in [0.4, 0.5) is 0 Å². The Kier molecular flexibility index (Phi) is 4.29. The maximum absolute atomic E-state index is 5.61. The first-order valence-corrected chi connectivity index (χ1v) is 5.42. The van der Waals surface area contributed by atoms with Crippen LogP contribution in [0.3, 0.4) is 0 Å². The Balaban J connectivity index is 2.56. The van der Waals surface area contributed by atoms with E-state index >= 15 is 0 Å². The molecule has 0 heterocycles. The summed E-state index contributed by atoms with van der Waals surface area (Å²) in [7, 11) is 0. The molecule has 1 rings (SSSR count). The van der Waals surface area contributed by atoms with Crippen molar-refractivity contribution < 1.29 is 4.74 Å². The van der Waals surface area contributed by atoms with Crippen LogP contribution >= 0.6 is 15.9 Å². The molecule has 0 N–H and O–H groups in total. The van der Waals surface area contributed by atoms with Gasteiger partial charge in [-0.3, -0.25) is 0 Å². The van der Waals surface area contributed by atoms with Crippen molar-refractivity contribution in [1.29, 1.82) is 0 Å². The third kappa shape index (κ3) is 3.39. The van der Waals surface area contributed by atoms with Crippen molar-refractivity contribution in [1.82, 2.24) is 0 Å². The van der Waals surface area contributed by atoms with Crippen LogP contribution in [0.25, 0.3) is 0 Å². The van der Waals surface area contributed by atoms with E-state index in [9.17, 15) is 0 Å². The van der Waals surface area contributed by atoms with Crippen LogP contribution in [0, 0.1) is 6.92 Å². The van der Waals surface area contributed by atoms with Crippen LogP contribution in [-0.4, -0.2) is 6.61 Å². The molecule has 0 atom stereocenters. The maximum atomic E-state index is 5.61. The number of hydrogen-bond donors (Lipinski definition) is 0. The summed E-state index contributed by atoms with van der Waals surface area (Å²) < 4.78 is 6.72. The van der Waals surface area contributed by atoms with Gasteiger partial charge in [-0.05, 0) is 37.1 Å². The van der Waals surface area contributed by atoms with E-state index in [0.29, 0.717) is 0 Å². The van der Waals surface area contributed by atoms with Crippen LogP contribution in [0.2, 0.25) is 0 Å². The minimum atomic E-state index is 0.818. The lowest BCUT2D eigenvalue weighted by atomic mass is 10.2. The monoisotopic (exact) mass is 242 g/mol. The summed E-state index contributed by atoms with van der Waals surface area (Å²) in [6.45, 7) is 5.04. The van der Waals surface area contributed by atoms with E-state index in [2.05, 4.69) is 35.8 Å². The normalized spacial score (nSPS) is 10.1. The molecule has 0 amide bonds. The van der Waals surface area contributed by atoms with Gasteiger partial charge in [0.15, 0.2) is 0 Å². The van der Waals surface area contributed by atoms with Gasteiger partial charge in [0.05, 0.1) is 6.61 Å². The predicted molar refractivity (Wildman–Crippen MR) is 59.3 cm³/mol. The van der Waals surface area contributed by atoms with Crippen LogP contribution in [0.5, 0.6) is 5.75 Å². The molecule has 0 saturated heterocycles. The first-order chi connectivity index (χ1) is 6.24. The van der Waals surface area contributed by atoms with Crippen LogP contribution < -0.4 is 4.74 Å². The third-order valence-electron chi connectivity index (χ3n) is 1.89. The highest BCUT2D eigenvalue weighted by molar-refractivity contribution is 9.10. The van der Waals surface area contributed by atoms with Crippen molar-refractivity contribution in [2.24, 2.45) is 0 Å². The van der Waals surface area contributed by atoms with Gasteiger partial charge in [-0.15, -0.1) is 0 Å². The quantitative estimate of drug-likeness (QED) is 0.728. The van der Waals surface area contributed by atoms with Gasteiger partial charge >= 0.3 is 0 Å². The summed E-state index contributed by atoms with van der Waals surface area (Å²) in [5.74, 6) is 0.997. The fourth-order valence-corrected chi connectivity index (χ4v) is 1.58. The van der Waals surface area contributed by atoms with Crippen LogP contribution in [0.1, 0.15) is 25.3 Å². The third-order valence-corrected chi connectivity index (χ3v) is 2.39. The fraction of sp³-hybridized carbons (Fsp3) is 0.455. The van der Waals surface area contributed by atoms with Crippen molar-refractivity contribution in [2.75, 3.05) is 6.61 Å². The number of unbranched alkanes of at least 4 members (excludes halogenated alkanes) is 1. The van der Waals surface area contributed by atoms with E-state index in [1.807, 2.05) is 12.1 Å². The zero-order valence-electron chi connectivity index (χ0n) is 8.14. The smallest absolute Gasteiger partial charge is 0.122 e. The van der Waals surface area contributed by atoms with Crippen LogP contribution in [0.15, 0.2) is 22.7 Å². The van der Waals surface area contributed by atoms with Gasteiger partial charge in [0.1, 0.15) is 5.75 Å². The highest BCUT2D eigenvalue weighted by Crippen LogP contribution is 2.22. The van der Waals surface area contributed by atoms with Crippen molar-refractivity contribution in [3.63, 3.8) is 0 Å². The Bertz CT molecular complexity index is 271. The molecule has 0 spiro atoms. The highest BCUT2D eigenvalue weighted by Gasteiger charge is 1.98. The lowest BCUT2D eigenvalue weighted by molar-refractivity contribution is 0.307. The summed E-state index contributed by atoms with van der Waals surface area (Å²) in [5.41, 5.74) is 1.19. The Morgan fingerprint density at radius 2 is 2.15 bits per heavy atom. The number of ether oxygens (including phenoxy) is 1. The number of rotatable bonds is 4. The molecule has 0 unspecified atom stereocenters.